The first-order chi connectivity index (χ1) is 7.95. The summed E-state index contributed by atoms with van der Waals surface area (Å²) < 4.78 is 36.8. The number of alkyl halides is 3. The highest BCUT2D eigenvalue weighted by molar-refractivity contribution is 4.81. The van der Waals surface area contributed by atoms with Gasteiger partial charge in [-0.05, 0) is 44.8 Å². The zero-order chi connectivity index (χ0) is 12.9. The second-order valence-electron chi connectivity index (χ2n) is 4.43. The molecular formula is C11H17F3N2O. The molecule has 1 atom stereocenters. The molecule has 0 bridgehead atoms. The maximum atomic E-state index is 12.3. The molecule has 0 radical (unpaired) electrons. The van der Waals surface area contributed by atoms with E-state index in [1.54, 1.807) is 0 Å². The third kappa shape index (κ3) is 4.52. The zero-order valence-electron chi connectivity index (χ0n) is 9.58. The second kappa shape index (κ2) is 6.22. The van der Waals surface area contributed by atoms with Gasteiger partial charge in [0.2, 0.25) is 0 Å². The normalized spacial score (nSPS) is 21.1. The van der Waals surface area contributed by atoms with Crippen LogP contribution in [0.25, 0.3) is 0 Å². The van der Waals surface area contributed by atoms with Crippen LogP contribution in [0.4, 0.5) is 13.2 Å². The van der Waals surface area contributed by atoms with Gasteiger partial charge in [0, 0.05) is 6.42 Å². The van der Waals surface area contributed by atoms with Crippen molar-refractivity contribution in [2.24, 2.45) is 5.92 Å². The molecule has 1 unspecified atom stereocenters. The van der Waals surface area contributed by atoms with Gasteiger partial charge >= 0.3 is 6.18 Å². The van der Waals surface area contributed by atoms with E-state index in [1.807, 2.05) is 6.07 Å². The van der Waals surface area contributed by atoms with Crippen molar-refractivity contribution in [2.75, 3.05) is 19.6 Å². The first-order valence-electron chi connectivity index (χ1n) is 5.79. The number of halogens is 3. The van der Waals surface area contributed by atoms with Crippen LogP contribution in [0.1, 0.15) is 25.7 Å². The van der Waals surface area contributed by atoms with Gasteiger partial charge in [0.05, 0.1) is 6.07 Å². The molecule has 1 rings (SSSR count). The van der Waals surface area contributed by atoms with E-state index in [0.29, 0.717) is 32.4 Å². The van der Waals surface area contributed by atoms with Crippen molar-refractivity contribution in [1.29, 1.82) is 5.26 Å². The third-order valence-electron chi connectivity index (χ3n) is 3.18. The van der Waals surface area contributed by atoms with E-state index in [1.165, 1.54) is 0 Å². The van der Waals surface area contributed by atoms with E-state index in [4.69, 9.17) is 10.4 Å². The van der Waals surface area contributed by atoms with Crippen molar-refractivity contribution in [3.05, 3.63) is 0 Å². The Balaban J connectivity index is 2.29. The van der Waals surface area contributed by atoms with Gasteiger partial charge < -0.3 is 10.0 Å². The molecule has 3 nitrogen and oxygen atoms in total. The van der Waals surface area contributed by atoms with Crippen LogP contribution in [0.15, 0.2) is 0 Å². The number of piperidine rings is 1. The second-order valence-corrected chi connectivity index (χ2v) is 4.43. The number of aliphatic hydroxyl groups is 1. The molecule has 0 spiro atoms. The van der Waals surface area contributed by atoms with Gasteiger partial charge in [-0.25, -0.2) is 0 Å². The molecule has 1 saturated heterocycles. The maximum absolute atomic E-state index is 12.3. The number of nitrogens with zero attached hydrogens (tertiary/aromatic N) is 2. The molecule has 1 fully saturated rings. The molecule has 98 valence electrons. The monoisotopic (exact) mass is 250 g/mol. The first-order valence-corrected chi connectivity index (χ1v) is 5.79. The number of likely N-dealkylation sites (tertiary alicyclic amines) is 1. The minimum Gasteiger partial charge on any atom is -0.383 e. The topological polar surface area (TPSA) is 47.3 Å². The molecule has 0 saturated carbocycles. The van der Waals surface area contributed by atoms with Gasteiger partial charge in [-0.15, -0.1) is 0 Å². The first kappa shape index (κ1) is 14.3. The maximum Gasteiger partial charge on any atom is 0.414 e. The number of hydrogen-bond donors (Lipinski definition) is 1. The Bertz CT molecular complexity index is 267. The van der Waals surface area contributed by atoms with Crippen LogP contribution in [0, 0.1) is 17.2 Å². The van der Waals surface area contributed by atoms with Gasteiger partial charge in [-0.1, -0.05) is 0 Å². The summed E-state index contributed by atoms with van der Waals surface area (Å²) in [7, 11) is 0. The van der Waals surface area contributed by atoms with E-state index >= 15 is 0 Å². The van der Waals surface area contributed by atoms with Crippen LogP contribution in [-0.2, 0) is 0 Å². The largest absolute Gasteiger partial charge is 0.414 e. The molecule has 0 aliphatic carbocycles. The number of unbranched alkanes of at least 4 members (excludes halogenated alkanes) is 1. The number of rotatable bonds is 4. The average Bonchev–Trinajstić information content (AvgIpc) is 2.28. The summed E-state index contributed by atoms with van der Waals surface area (Å²) in [6.45, 7) is 1.90. The molecule has 1 aliphatic rings. The van der Waals surface area contributed by atoms with Gasteiger partial charge in [0.1, 0.15) is 0 Å². The molecule has 0 aromatic rings. The van der Waals surface area contributed by atoms with E-state index in [2.05, 4.69) is 4.90 Å². The van der Waals surface area contributed by atoms with Crippen LogP contribution in [-0.4, -0.2) is 41.9 Å². The number of nitriles is 1. The summed E-state index contributed by atoms with van der Waals surface area (Å²) in [6, 6.07) is 2.04. The van der Waals surface area contributed by atoms with Crippen molar-refractivity contribution in [3.8, 4) is 6.07 Å². The summed E-state index contributed by atoms with van der Waals surface area (Å²) in [5.41, 5.74) is 0. The lowest BCUT2D eigenvalue weighted by Gasteiger charge is -2.34. The van der Waals surface area contributed by atoms with E-state index in [0.717, 1.165) is 13.0 Å². The van der Waals surface area contributed by atoms with Crippen molar-refractivity contribution in [3.63, 3.8) is 0 Å². The van der Waals surface area contributed by atoms with Crippen molar-refractivity contribution in [2.45, 2.75) is 38.0 Å². The Morgan fingerprint density at radius 1 is 1.35 bits per heavy atom. The van der Waals surface area contributed by atoms with Crippen molar-refractivity contribution < 1.29 is 18.3 Å². The Hall–Kier alpha value is -0.800. The summed E-state index contributed by atoms with van der Waals surface area (Å²) in [4.78, 5) is 2.05. The van der Waals surface area contributed by atoms with E-state index in [-0.39, 0.29) is 0 Å². The minimum atomic E-state index is -4.51. The summed E-state index contributed by atoms with van der Waals surface area (Å²) in [5, 5.41) is 17.5. The van der Waals surface area contributed by atoms with Crippen LogP contribution < -0.4 is 0 Å². The Morgan fingerprint density at radius 2 is 1.94 bits per heavy atom. The van der Waals surface area contributed by atoms with Gasteiger partial charge in [-0.2, -0.15) is 18.4 Å². The van der Waals surface area contributed by atoms with E-state index in [9.17, 15) is 13.2 Å². The molecule has 1 aliphatic heterocycles. The predicted octanol–water partition coefficient (Wildman–Crippen LogP) is 1.93. The summed E-state index contributed by atoms with van der Waals surface area (Å²) in [5.74, 6) is -0.679. The smallest absolute Gasteiger partial charge is 0.383 e. The lowest BCUT2D eigenvalue weighted by Crippen LogP contribution is -2.43. The molecule has 0 amide bonds. The minimum absolute atomic E-state index is 0.368. The van der Waals surface area contributed by atoms with E-state index < -0.39 is 18.2 Å². The number of aliphatic hydroxyl groups excluding tert-OH is 1. The third-order valence-corrected chi connectivity index (χ3v) is 3.18. The fraction of sp³-hybridized carbons (Fsp3) is 0.909. The van der Waals surface area contributed by atoms with Crippen molar-refractivity contribution >= 4 is 0 Å². The Morgan fingerprint density at radius 3 is 2.41 bits per heavy atom. The highest BCUT2D eigenvalue weighted by atomic mass is 19.4. The van der Waals surface area contributed by atoms with Gasteiger partial charge in [-0.3, -0.25) is 0 Å². The lowest BCUT2D eigenvalue weighted by molar-refractivity contribution is -0.223. The van der Waals surface area contributed by atoms with Crippen molar-refractivity contribution in [1.82, 2.24) is 4.90 Å². The molecule has 1 N–H and O–H groups in total. The Kier molecular flexibility index (Phi) is 5.22. The number of hydrogen-bond acceptors (Lipinski definition) is 3. The highest BCUT2D eigenvalue weighted by Gasteiger charge is 2.43. The lowest BCUT2D eigenvalue weighted by atomic mass is 9.91. The molecule has 0 aromatic heterocycles. The van der Waals surface area contributed by atoms with Crippen LogP contribution in [0.2, 0.25) is 0 Å². The SMILES string of the molecule is N#CCCCN1CCC(C(O)C(F)(F)F)CC1. The molecular weight excluding hydrogens is 233 g/mol. The van der Waals surface area contributed by atoms with Crippen LogP contribution in [0.5, 0.6) is 0 Å². The fourth-order valence-electron chi connectivity index (χ4n) is 2.14. The summed E-state index contributed by atoms with van der Waals surface area (Å²) in [6.07, 6.45) is -4.73. The zero-order valence-corrected chi connectivity index (χ0v) is 9.58. The van der Waals surface area contributed by atoms with Gasteiger partial charge in [0.25, 0.3) is 0 Å². The quantitative estimate of drug-likeness (QED) is 0.775. The summed E-state index contributed by atoms with van der Waals surface area (Å²) >= 11 is 0. The molecule has 17 heavy (non-hydrogen) atoms. The van der Waals surface area contributed by atoms with Gasteiger partial charge in [0.15, 0.2) is 6.10 Å². The molecule has 1 heterocycles. The van der Waals surface area contributed by atoms with Crippen LogP contribution in [0.3, 0.4) is 0 Å². The average molecular weight is 250 g/mol. The standard InChI is InChI=1S/C11H17F3N2O/c12-11(13,14)10(17)9-3-7-16(8-4-9)6-2-1-5-15/h9-10,17H,1-4,6-8H2. The fourth-order valence-corrected chi connectivity index (χ4v) is 2.14. The predicted molar refractivity (Wildman–Crippen MR) is 56.1 cm³/mol. The Labute approximate surface area is 98.8 Å². The molecule has 6 heteroatoms. The van der Waals surface area contributed by atoms with Crippen LogP contribution >= 0.6 is 0 Å². The highest BCUT2D eigenvalue weighted by Crippen LogP contribution is 2.31. The molecule has 0 aromatic carbocycles.